The van der Waals surface area contributed by atoms with E-state index in [4.69, 9.17) is 15.9 Å². The molecule has 0 aliphatic rings. The highest BCUT2D eigenvalue weighted by atomic mass is 32.1. The summed E-state index contributed by atoms with van der Waals surface area (Å²) >= 11 is 3.87. The van der Waals surface area contributed by atoms with Crippen LogP contribution in [-0.2, 0) is 25.6 Å². The molecule has 0 aromatic heterocycles. The van der Waals surface area contributed by atoms with Crippen molar-refractivity contribution >= 4 is 36.4 Å². The molecule has 26 heavy (non-hydrogen) atoms. The van der Waals surface area contributed by atoms with Crippen LogP contribution < -0.4 is 16.4 Å². The number of benzene rings is 1. The maximum Gasteiger partial charge on any atom is 0.327 e. The van der Waals surface area contributed by atoms with Crippen molar-refractivity contribution in [3.05, 3.63) is 35.9 Å². The Kier molecular flexibility index (Phi) is 8.59. The van der Waals surface area contributed by atoms with Crippen LogP contribution >= 0.6 is 12.6 Å². The molecular formula is C16H21N3O6S. The van der Waals surface area contributed by atoms with E-state index in [1.165, 1.54) is 0 Å². The van der Waals surface area contributed by atoms with Gasteiger partial charge in [-0.3, -0.25) is 14.4 Å². The van der Waals surface area contributed by atoms with Crippen LogP contribution in [0, 0.1) is 0 Å². The Labute approximate surface area is 155 Å². The molecule has 1 aromatic rings. The van der Waals surface area contributed by atoms with Crippen LogP contribution in [0.1, 0.15) is 12.0 Å². The molecule has 0 bridgehead atoms. The third-order valence-electron chi connectivity index (χ3n) is 3.44. The van der Waals surface area contributed by atoms with Crippen molar-refractivity contribution in [3.63, 3.8) is 0 Å². The van der Waals surface area contributed by atoms with Crippen LogP contribution in [-0.4, -0.2) is 57.8 Å². The first kappa shape index (κ1) is 21.5. The summed E-state index contributed by atoms with van der Waals surface area (Å²) in [5.41, 5.74) is 6.22. The Bertz CT molecular complexity index is 655. The highest BCUT2D eigenvalue weighted by Gasteiger charge is 2.28. The van der Waals surface area contributed by atoms with E-state index in [1.807, 2.05) is 0 Å². The van der Waals surface area contributed by atoms with Gasteiger partial charge in [0, 0.05) is 12.2 Å². The molecule has 3 atom stereocenters. The average Bonchev–Trinajstić information content (AvgIpc) is 2.58. The second kappa shape index (κ2) is 10.4. The molecule has 1 aromatic carbocycles. The average molecular weight is 383 g/mol. The molecule has 0 saturated carbocycles. The molecule has 0 radical (unpaired) electrons. The number of carboxylic acid groups (broad SMARTS) is 2. The van der Waals surface area contributed by atoms with Gasteiger partial charge in [-0.15, -0.1) is 0 Å². The van der Waals surface area contributed by atoms with E-state index in [9.17, 15) is 19.2 Å². The number of hydrogen-bond donors (Lipinski definition) is 6. The number of nitrogens with two attached hydrogens (primary N) is 1. The zero-order chi connectivity index (χ0) is 19.7. The molecule has 1 rings (SSSR count). The summed E-state index contributed by atoms with van der Waals surface area (Å²) < 4.78 is 0. The Morgan fingerprint density at radius 2 is 1.58 bits per heavy atom. The van der Waals surface area contributed by atoms with Gasteiger partial charge in [0.15, 0.2) is 0 Å². The summed E-state index contributed by atoms with van der Waals surface area (Å²) in [7, 11) is 0. The van der Waals surface area contributed by atoms with Gasteiger partial charge >= 0.3 is 11.9 Å². The number of nitrogens with one attached hydrogen (secondary N) is 2. The van der Waals surface area contributed by atoms with Crippen molar-refractivity contribution in [2.75, 3.05) is 5.75 Å². The predicted octanol–water partition coefficient (Wildman–Crippen LogP) is -0.985. The lowest BCUT2D eigenvalue weighted by atomic mass is 10.0. The minimum absolute atomic E-state index is 0.0805. The molecule has 0 aliphatic carbocycles. The van der Waals surface area contributed by atoms with Gasteiger partial charge in [0.1, 0.15) is 12.1 Å². The fourth-order valence-electron chi connectivity index (χ4n) is 2.08. The van der Waals surface area contributed by atoms with E-state index >= 15 is 0 Å². The molecule has 6 N–H and O–H groups in total. The van der Waals surface area contributed by atoms with Gasteiger partial charge in [0.2, 0.25) is 11.8 Å². The summed E-state index contributed by atoms with van der Waals surface area (Å²) in [5, 5.41) is 22.4. The number of carbonyl (C=O) groups excluding carboxylic acids is 2. The van der Waals surface area contributed by atoms with Gasteiger partial charge in [-0.25, -0.2) is 4.79 Å². The number of aliphatic carboxylic acids is 2. The molecule has 0 fully saturated rings. The standard InChI is InChI=1S/C16H21N3O6S/c17-10(7-13(20)21)14(22)18-11(6-9-4-2-1-3-5-9)15(23)19-12(8-26)16(24)25/h1-5,10-12,26H,6-8,17H2,(H,18,22)(H,19,23)(H,20,21)(H,24,25)/t10-,11+,12-/m0/s1. The molecule has 142 valence electrons. The third kappa shape index (κ3) is 7.11. The van der Waals surface area contributed by atoms with Gasteiger partial charge in [-0.1, -0.05) is 30.3 Å². The van der Waals surface area contributed by atoms with E-state index < -0.39 is 48.3 Å². The first-order chi connectivity index (χ1) is 12.2. The highest BCUT2D eigenvalue weighted by Crippen LogP contribution is 2.05. The van der Waals surface area contributed by atoms with Crippen molar-refractivity contribution in [2.24, 2.45) is 5.73 Å². The van der Waals surface area contributed by atoms with Crippen LogP contribution in [0.4, 0.5) is 0 Å². The first-order valence-corrected chi connectivity index (χ1v) is 8.33. The maximum absolute atomic E-state index is 12.4. The normalized spacial score (nSPS) is 13.9. The molecule has 2 amide bonds. The van der Waals surface area contributed by atoms with Crippen molar-refractivity contribution in [3.8, 4) is 0 Å². The fraction of sp³-hybridized carbons (Fsp3) is 0.375. The maximum atomic E-state index is 12.4. The summed E-state index contributed by atoms with van der Waals surface area (Å²) in [4.78, 5) is 46.2. The second-order valence-corrected chi connectivity index (χ2v) is 5.90. The Morgan fingerprint density at radius 1 is 1.00 bits per heavy atom. The van der Waals surface area contributed by atoms with E-state index in [0.29, 0.717) is 0 Å². The number of carboxylic acids is 2. The summed E-state index contributed by atoms with van der Waals surface area (Å²) in [6.07, 6.45) is -0.517. The van der Waals surface area contributed by atoms with Crippen LogP contribution in [0.15, 0.2) is 30.3 Å². The molecule has 0 heterocycles. The van der Waals surface area contributed by atoms with Crippen LogP contribution in [0.3, 0.4) is 0 Å². The minimum atomic E-state index is -1.33. The number of rotatable bonds is 10. The van der Waals surface area contributed by atoms with Gasteiger partial charge in [0.05, 0.1) is 12.5 Å². The van der Waals surface area contributed by atoms with Gasteiger partial charge < -0.3 is 26.6 Å². The van der Waals surface area contributed by atoms with Crippen molar-refractivity contribution in [1.82, 2.24) is 10.6 Å². The molecule has 0 spiro atoms. The monoisotopic (exact) mass is 383 g/mol. The zero-order valence-corrected chi connectivity index (χ0v) is 14.7. The number of thiol groups is 1. The summed E-state index contributed by atoms with van der Waals surface area (Å²) in [5.74, 6) is -4.20. The van der Waals surface area contributed by atoms with E-state index in [0.717, 1.165) is 5.56 Å². The molecule has 0 aliphatic heterocycles. The first-order valence-electron chi connectivity index (χ1n) is 7.70. The Hall–Kier alpha value is -2.59. The lowest BCUT2D eigenvalue weighted by Crippen LogP contribution is -2.55. The lowest BCUT2D eigenvalue weighted by molar-refractivity contribution is -0.142. The Morgan fingerprint density at radius 3 is 2.08 bits per heavy atom. The van der Waals surface area contributed by atoms with Gasteiger partial charge in [-0.2, -0.15) is 12.6 Å². The molecule has 9 nitrogen and oxygen atoms in total. The van der Waals surface area contributed by atoms with Crippen molar-refractivity contribution < 1.29 is 29.4 Å². The molecule has 0 saturated heterocycles. The molecular weight excluding hydrogens is 362 g/mol. The van der Waals surface area contributed by atoms with Crippen LogP contribution in [0.5, 0.6) is 0 Å². The van der Waals surface area contributed by atoms with Crippen LogP contribution in [0.2, 0.25) is 0 Å². The zero-order valence-electron chi connectivity index (χ0n) is 13.8. The van der Waals surface area contributed by atoms with E-state index in [2.05, 4.69) is 23.3 Å². The van der Waals surface area contributed by atoms with E-state index in [-0.39, 0.29) is 12.2 Å². The summed E-state index contributed by atoms with van der Waals surface area (Å²) in [6, 6.07) is 5.06. The minimum Gasteiger partial charge on any atom is -0.481 e. The van der Waals surface area contributed by atoms with Gasteiger partial charge in [0.25, 0.3) is 0 Å². The van der Waals surface area contributed by atoms with Crippen LogP contribution in [0.25, 0.3) is 0 Å². The van der Waals surface area contributed by atoms with Gasteiger partial charge in [-0.05, 0) is 5.56 Å². The third-order valence-corrected chi connectivity index (χ3v) is 3.81. The Balaban J connectivity index is 2.90. The number of hydrogen-bond acceptors (Lipinski definition) is 6. The molecule has 10 heteroatoms. The van der Waals surface area contributed by atoms with E-state index in [1.54, 1.807) is 30.3 Å². The quantitative estimate of drug-likeness (QED) is 0.283. The summed E-state index contributed by atoms with van der Waals surface area (Å²) in [6.45, 7) is 0. The van der Waals surface area contributed by atoms with Crippen molar-refractivity contribution in [2.45, 2.75) is 31.0 Å². The largest absolute Gasteiger partial charge is 0.481 e. The predicted molar refractivity (Wildman–Crippen MR) is 95.7 cm³/mol. The van der Waals surface area contributed by atoms with Crippen molar-refractivity contribution in [1.29, 1.82) is 0 Å². The number of carbonyl (C=O) groups is 4. The smallest absolute Gasteiger partial charge is 0.327 e. The number of amides is 2. The second-order valence-electron chi connectivity index (χ2n) is 5.54. The molecule has 0 unspecified atom stereocenters. The highest BCUT2D eigenvalue weighted by molar-refractivity contribution is 7.80. The fourth-order valence-corrected chi connectivity index (χ4v) is 2.32. The lowest BCUT2D eigenvalue weighted by Gasteiger charge is -2.22. The SMILES string of the molecule is N[C@@H](CC(=O)O)C(=O)N[C@H](Cc1ccccc1)C(=O)N[C@@H](CS)C(=O)O. The topological polar surface area (TPSA) is 159 Å².